The van der Waals surface area contributed by atoms with E-state index in [0.717, 1.165) is 10.5 Å². The molecule has 0 spiro atoms. The lowest BCUT2D eigenvalue weighted by molar-refractivity contribution is -0.123. The van der Waals surface area contributed by atoms with E-state index >= 15 is 0 Å². The van der Waals surface area contributed by atoms with Crippen molar-refractivity contribution in [1.29, 1.82) is 0 Å². The van der Waals surface area contributed by atoms with E-state index in [1.807, 2.05) is 30.3 Å². The molecule has 3 aromatic rings. The summed E-state index contributed by atoms with van der Waals surface area (Å²) in [6.07, 6.45) is 1.53. The van der Waals surface area contributed by atoms with Gasteiger partial charge in [0.05, 0.1) is 23.7 Å². The average Bonchev–Trinajstić information content (AvgIpc) is 3.12. The van der Waals surface area contributed by atoms with E-state index in [1.165, 1.54) is 18.2 Å². The summed E-state index contributed by atoms with van der Waals surface area (Å²) in [6.45, 7) is 2.37. The lowest BCUT2D eigenvalue weighted by Gasteiger charge is -2.15. The lowest BCUT2D eigenvalue weighted by Crippen LogP contribution is -2.30. The molecule has 36 heavy (non-hydrogen) atoms. The topological polar surface area (TPSA) is 105 Å². The first-order valence-corrected chi connectivity index (χ1v) is 11.5. The average molecular weight is 507 g/mol. The zero-order chi connectivity index (χ0) is 25.7. The Morgan fingerprint density at radius 3 is 2.50 bits per heavy atom. The third-order valence-corrected chi connectivity index (χ3v) is 5.63. The van der Waals surface area contributed by atoms with E-state index in [2.05, 4.69) is 5.32 Å². The van der Waals surface area contributed by atoms with Crippen molar-refractivity contribution in [1.82, 2.24) is 10.2 Å². The van der Waals surface area contributed by atoms with Crippen LogP contribution in [0.15, 0.2) is 72.4 Å². The van der Waals surface area contributed by atoms with Gasteiger partial charge in [-0.2, -0.15) is 0 Å². The van der Waals surface area contributed by atoms with Crippen LogP contribution in [0.4, 0.5) is 4.79 Å². The van der Waals surface area contributed by atoms with Gasteiger partial charge >= 0.3 is 12.0 Å². The van der Waals surface area contributed by atoms with Crippen molar-refractivity contribution in [2.45, 2.75) is 20.1 Å². The summed E-state index contributed by atoms with van der Waals surface area (Å²) in [5, 5.41) is 12.0. The van der Waals surface area contributed by atoms with Crippen LogP contribution in [0.5, 0.6) is 11.5 Å². The second kappa shape index (κ2) is 11.0. The summed E-state index contributed by atoms with van der Waals surface area (Å²) in [5.74, 6) is -0.840. The van der Waals surface area contributed by atoms with Crippen LogP contribution in [0.25, 0.3) is 6.08 Å². The van der Waals surface area contributed by atoms with Gasteiger partial charge in [-0.3, -0.25) is 9.69 Å². The van der Waals surface area contributed by atoms with Crippen LogP contribution in [-0.2, 0) is 17.9 Å². The molecule has 1 heterocycles. The van der Waals surface area contributed by atoms with Crippen molar-refractivity contribution >= 4 is 35.6 Å². The normalized spacial score (nSPS) is 14.2. The van der Waals surface area contributed by atoms with Crippen LogP contribution in [0.3, 0.4) is 0 Å². The van der Waals surface area contributed by atoms with Crippen LogP contribution in [0.2, 0.25) is 5.02 Å². The Bertz CT molecular complexity index is 1340. The highest BCUT2D eigenvalue weighted by molar-refractivity contribution is 6.32. The molecule has 1 aliphatic heterocycles. The van der Waals surface area contributed by atoms with Gasteiger partial charge in [-0.25, -0.2) is 9.59 Å². The van der Waals surface area contributed by atoms with Crippen molar-refractivity contribution < 1.29 is 29.0 Å². The number of rotatable bonds is 9. The molecule has 1 saturated heterocycles. The van der Waals surface area contributed by atoms with Gasteiger partial charge in [0.25, 0.3) is 5.91 Å². The summed E-state index contributed by atoms with van der Waals surface area (Å²) >= 11 is 6.49. The van der Waals surface area contributed by atoms with Crippen LogP contribution in [0.1, 0.15) is 34.0 Å². The number of carboxylic acids is 1. The number of hydrogen-bond acceptors (Lipinski definition) is 5. The summed E-state index contributed by atoms with van der Waals surface area (Å²) < 4.78 is 11.6. The van der Waals surface area contributed by atoms with Gasteiger partial charge in [-0.05, 0) is 54.0 Å². The number of amides is 3. The summed E-state index contributed by atoms with van der Waals surface area (Å²) in [5.41, 5.74) is 2.29. The number of nitrogens with zero attached hydrogens (tertiary/aromatic N) is 1. The number of carboxylic acid groups (broad SMARTS) is 1. The predicted molar refractivity (Wildman–Crippen MR) is 134 cm³/mol. The molecule has 1 aliphatic rings. The second-order valence-corrected chi connectivity index (χ2v) is 8.33. The molecular formula is C27H23ClN2O6. The van der Waals surface area contributed by atoms with Crippen molar-refractivity contribution in [2.75, 3.05) is 6.61 Å². The molecule has 0 radical (unpaired) electrons. The van der Waals surface area contributed by atoms with Crippen molar-refractivity contribution in [2.24, 2.45) is 0 Å². The molecule has 0 saturated carbocycles. The fourth-order valence-corrected chi connectivity index (χ4v) is 3.95. The number of halogens is 1. The highest BCUT2D eigenvalue weighted by Crippen LogP contribution is 2.38. The molecule has 0 unspecified atom stereocenters. The maximum absolute atomic E-state index is 12.9. The Morgan fingerprint density at radius 1 is 1.03 bits per heavy atom. The minimum atomic E-state index is -1.03. The number of ether oxygens (including phenoxy) is 2. The zero-order valence-electron chi connectivity index (χ0n) is 19.4. The van der Waals surface area contributed by atoms with Gasteiger partial charge in [0.1, 0.15) is 12.3 Å². The van der Waals surface area contributed by atoms with Crippen LogP contribution in [0, 0.1) is 0 Å². The molecular weight excluding hydrogens is 484 g/mol. The Morgan fingerprint density at radius 2 is 1.78 bits per heavy atom. The Hall–Kier alpha value is -4.30. The first-order chi connectivity index (χ1) is 17.4. The lowest BCUT2D eigenvalue weighted by atomic mass is 10.1. The van der Waals surface area contributed by atoms with E-state index in [0.29, 0.717) is 23.5 Å². The number of benzene rings is 3. The third-order valence-electron chi connectivity index (χ3n) is 5.35. The van der Waals surface area contributed by atoms with Gasteiger partial charge < -0.3 is 19.9 Å². The molecule has 3 amide bonds. The van der Waals surface area contributed by atoms with Crippen molar-refractivity contribution in [3.05, 3.63) is 99.7 Å². The molecule has 1 fully saturated rings. The van der Waals surface area contributed by atoms with Crippen molar-refractivity contribution in [3.63, 3.8) is 0 Å². The molecule has 9 heteroatoms. The molecule has 0 aliphatic carbocycles. The molecule has 3 aromatic carbocycles. The summed E-state index contributed by atoms with van der Waals surface area (Å²) in [7, 11) is 0. The fourth-order valence-electron chi connectivity index (χ4n) is 3.67. The quantitative estimate of drug-likeness (QED) is 0.309. The SMILES string of the molecule is CCOc1cc(/C=C2/NC(=O)N(Cc3ccccc3)C2=O)cc(Cl)c1OCc1cccc(C(=O)O)c1. The largest absolute Gasteiger partial charge is 0.490 e. The maximum Gasteiger partial charge on any atom is 0.335 e. The highest BCUT2D eigenvalue weighted by atomic mass is 35.5. The van der Waals surface area contributed by atoms with E-state index in [1.54, 1.807) is 31.2 Å². The number of imide groups is 1. The molecule has 2 N–H and O–H groups in total. The Balaban J connectivity index is 1.55. The number of hydrogen-bond donors (Lipinski definition) is 2. The smallest absolute Gasteiger partial charge is 0.335 e. The van der Waals surface area contributed by atoms with Gasteiger partial charge in [0.15, 0.2) is 11.5 Å². The highest BCUT2D eigenvalue weighted by Gasteiger charge is 2.33. The van der Waals surface area contributed by atoms with Gasteiger partial charge in [-0.1, -0.05) is 54.1 Å². The summed E-state index contributed by atoms with van der Waals surface area (Å²) in [4.78, 5) is 37.6. The molecule has 0 atom stereocenters. The maximum atomic E-state index is 12.9. The molecule has 0 bridgehead atoms. The van der Waals surface area contributed by atoms with Crippen molar-refractivity contribution in [3.8, 4) is 11.5 Å². The van der Waals surface area contributed by atoms with Gasteiger partial charge in [0, 0.05) is 0 Å². The minimum Gasteiger partial charge on any atom is -0.490 e. The molecule has 8 nitrogen and oxygen atoms in total. The van der Waals surface area contributed by atoms with Gasteiger partial charge in [-0.15, -0.1) is 0 Å². The monoisotopic (exact) mass is 506 g/mol. The predicted octanol–water partition coefficient (Wildman–Crippen LogP) is 5.11. The second-order valence-electron chi connectivity index (χ2n) is 7.92. The summed E-state index contributed by atoms with van der Waals surface area (Å²) in [6, 6.07) is 18.4. The number of carbonyl (C=O) groups is 3. The number of urea groups is 1. The van der Waals surface area contributed by atoms with E-state index in [-0.39, 0.29) is 35.2 Å². The standard InChI is InChI=1S/C27H23ClN2O6/c1-2-35-23-14-19(12-21(28)24(23)36-16-18-9-6-10-20(11-18)26(32)33)13-22-25(31)30(27(34)29-22)15-17-7-4-3-5-8-17/h3-14H,2,15-16H2,1H3,(H,29,34)(H,32,33)/b22-13+. The first kappa shape index (κ1) is 24.8. The van der Waals surface area contributed by atoms with E-state index in [9.17, 15) is 19.5 Å². The number of carbonyl (C=O) groups excluding carboxylic acids is 2. The molecule has 0 aromatic heterocycles. The fraction of sp³-hybridized carbons (Fsp3) is 0.148. The van der Waals surface area contributed by atoms with E-state index < -0.39 is 17.9 Å². The van der Waals surface area contributed by atoms with E-state index in [4.69, 9.17) is 21.1 Å². The van der Waals surface area contributed by atoms with Gasteiger partial charge in [0.2, 0.25) is 0 Å². The molecule has 184 valence electrons. The number of nitrogens with one attached hydrogen (secondary N) is 1. The van der Waals surface area contributed by atoms with Crippen LogP contribution >= 0.6 is 11.6 Å². The third kappa shape index (κ3) is 5.67. The zero-order valence-corrected chi connectivity index (χ0v) is 20.1. The van der Waals surface area contributed by atoms with Crippen LogP contribution < -0.4 is 14.8 Å². The number of aromatic carboxylic acids is 1. The minimum absolute atomic E-state index is 0.0737. The first-order valence-electron chi connectivity index (χ1n) is 11.2. The molecule has 4 rings (SSSR count). The van der Waals surface area contributed by atoms with Crippen LogP contribution in [-0.4, -0.2) is 34.5 Å². The Kier molecular flexibility index (Phi) is 7.56. The Labute approximate surface area is 212 Å².